The summed E-state index contributed by atoms with van der Waals surface area (Å²) < 4.78 is 31.8. The summed E-state index contributed by atoms with van der Waals surface area (Å²) in [7, 11) is 0. The molecule has 3 nitrogen and oxygen atoms in total. The highest BCUT2D eigenvalue weighted by Gasteiger charge is 2.06. The Morgan fingerprint density at radius 3 is 2.76 bits per heavy atom. The predicted octanol–water partition coefficient (Wildman–Crippen LogP) is 3.44. The van der Waals surface area contributed by atoms with E-state index in [2.05, 4.69) is 17.2 Å². The first-order valence-corrected chi connectivity index (χ1v) is 6.92. The van der Waals surface area contributed by atoms with E-state index in [0.29, 0.717) is 12.2 Å². The molecular weight excluding hydrogens is 274 g/mol. The molecule has 0 saturated heterocycles. The summed E-state index contributed by atoms with van der Waals surface area (Å²) in [5.41, 5.74) is 1.57. The molecule has 2 aromatic rings. The van der Waals surface area contributed by atoms with Gasteiger partial charge in [0, 0.05) is 12.6 Å². The second kappa shape index (κ2) is 7.69. The number of nitrogens with zero attached hydrogens (tertiary/aromatic N) is 1. The Hall–Kier alpha value is -2.01. The van der Waals surface area contributed by atoms with E-state index in [0.717, 1.165) is 36.9 Å². The van der Waals surface area contributed by atoms with E-state index in [1.54, 1.807) is 6.07 Å². The molecular formula is C16H18F2N2O. The van der Waals surface area contributed by atoms with E-state index in [9.17, 15) is 8.78 Å². The molecule has 112 valence electrons. The molecule has 1 aromatic carbocycles. The first-order valence-electron chi connectivity index (χ1n) is 6.92. The fourth-order valence-corrected chi connectivity index (χ4v) is 1.84. The van der Waals surface area contributed by atoms with Gasteiger partial charge < -0.3 is 10.1 Å². The van der Waals surface area contributed by atoms with Crippen molar-refractivity contribution in [3.8, 4) is 5.75 Å². The van der Waals surface area contributed by atoms with Crippen LogP contribution in [-0.4, -0.2) is 11.5 Å². The number of halogens is 2. The molecule has 0 saturated carbocycles. The Bertz CT molecular complexity index is 590. The molecule has 0 fully saturated rings. The maximum atomic E-state index is 13.4. The molecule has 21 heavy (non-hydrogen) atoms. The summed E-state index contributed by atoms with van der Waals surface area (Å²) in [4.78, 5) is 4.41. The Labute approximate surface area is 123 Å². The van der Waals surface area contributed by atoms with Crippen LogP contribution in [0.5, 0.6) is 5.75 Å². The third-order valence-corrected chi connectivity index (χ3v) is 2.87. The maximum absolute atomic E-state index is 13.4. The van der Waals surface area contributed by atoms with Gasteiger partial charge in [-0.3, -0.25) is 4.98 Å². The van der Waals surface area contributed by atoms with Crippen molar-refractivity contribution in [1.29, 1.82) is 0 Å². The van der Waals surface area contributed by atoms with Gasteiger partial charge in [-0.25, -0.2) is 8.78 Å². The molecule has 0 spiro atoms. The number of rotatable bonds is 7. The van der Waals surface area contributed by atoms with Crippen LogP contribution < -0.4 is 10.1 Å². The topological polar surface area (TPSA) is 34.1 Å². The van der Waals surface area contributed by atoms with Gasteiger partial charge in [0.2, 0.25) is 0 Å². The normalized spacial score (nSPS) is 10.6. The summed E-state index contributed by atoms with van der Waals surface area (Å²) in [6.07, 6.45) is 1.06. The van der Waals surface area contributed by atoms with E-state index in [1.807, 2.05) is 12.1 Å². The molecule has 0 aliphatic heterocycles. The molecule has 2 rings (SSSR count). The summed E-state index contributed by atoms with van der Waals surface area (Å²) >= 11 is 0. The molecule has 0 amide bonds. The van der Waals surface area contributed by atoms with Crippen LogP contribution in [0.3, 0.4) is 0 Å². The Morgan fingerprint density at radius 1 is 1.14 bits per heavy atom. The average Bonchev–Trinajstić information content (AvgIpc) is 2.49. The number of ether oxygens (including phenoxy) is 1. The molecule has 1 heterocycles. The summed E-state index contributed by atoms with van der Waals surface area (Å²) in [5.74, 6) is -1.22. The summed E-state index contributed by atoms with van der Waals surface area (Å²) in [6, 6.07) is 8.71. The number of hydrogen-bond donors (Lipinski definition) is 1. The number of benzene rings is 1. The zero-order chi connectivity index (χ0) is 15.1. The van der Waals surface area contributed by atoms with E-state index in [4.69, 9.17) is 4.74 Å². The van der Waals surface area contributed by atoms with Gasteiger partial charge in [0.25, 0.3) is 0 Å². The molecule has 1 N–H and O–H groups in total. The zero-order valence-electron chi connectivity index (χ0n) is 11.9. The Morgan fingerprint density at radius 2 is 1.95 bits per heavy atom. The SMILES string of the molecule is CCCNCc1cccc(COc2cc(F)ccc2F)n1. The van der Waals surface area contributed by atoms with Crippen molar-refractivity contribution in [1.82, 2.24) is 10.3 Å². The van der Waals surface area contributed by atoms with Gasteiger partial charge in [0.05, 0.1) is 11.4 Å². The average molecular weight is 292 g/mol. The number of hydrogen-bond acceptors (Lipinski definition) is 3. The van der Waals surface area contributed by atoms with Crippen molar-refractivity contribution in [2.75, 3.05) is 6.54 Å². The molecule has 0 unspecified atom stereocenters. The number of nitrogens with one attached hydrogen (secondary N) is 1. The van der Waals surface area contributed by atoms with Gasteiger partial charge in [-0.05, 0) is 37.2 Å². The van der Waals surface area contributed by atoms with Gasteiger partial charge in [-0.2, -0.15) is 0 Å². The van der Waals surface area contributed by atoms with Crippen LogP contribution in [0.4, 0.5) is 8.78 Å². The molecule has 0 aliphatic rings. The quantitative estimate of drug-likeness (QED) is 0.794. The van der Waals surface area contributed by atoms with Gasteiger partial charge in [0.15, 0.2) is 11.6 Å². The van der Waals surface area contributed by atoms with E-state index >= 15 is 0 Å². The van der Waals surface area contributed by atoms with Crippen molar-refractivity contribution in [2.45, 2.75) is 26.5 Å². The lowest BCUT2D eigenvalue weighted by molar-refractivity contribution is 0.284. The minimum atomic E-state index is -0.586. The second-order valence-electron chi connectivity index (χ2n) is 4.66. The standard InChI is InChI=1S/C16H18F2N2O/c1-2-8-19-10-13-4-3-5-14(20-13)11-21-16-9-12(17)6-7-15(16)18/h3-7,9,19H,2,8,10-11H2,1H3. The van der Waals surface area contributed by atoms with E-state index < -0.39 is 11.6 Å². The van der Waals surface area contributed by atoms with Gasteiger partial charge in [-0.1, -0.05) is 13.0 Å². The molecule has 0 bridgehead atoms. The highest BCUT2D eigenvalue weighted by Crippen LogP contribution is 2.19. The van der Waals surface area contributed by atoms with Crippen molar-refractivity contribution in [2.24, 2.45) is 0 Å². The number of aromatic nitrogens is 1. The van der Waals surface area contributed by atoms with E-state index in [-0.39, 0.29) is 12.4 Å². The lowest BCUT2D eigenvalue weighted by atomic mass is 10.3. The van der Waals surface area contributed by atoms with Crippen molar-refractivity contribution in [3.63, 3.8) is 0 Å². The van der Waals surface area contributed by atoms with Gasteiger partial charge >= 0.3 is 0 Å². The molecule has 1 aromatic heterocycles. The second-order valence-corrected chi connectivity index (χ2v) is 4.66. The van der Waals surface area contributed by atoms with Crippen LogP contribution in [0.15, 0.2) is 36.4 Å². The first kappa shape index (κ1) is 15.4. The van der Waals surface area contributed by atoms with Gasteiger partial charge in [-0.15, -0.1) is 0 Å². The molecule has 0 radical (unpaired) electrons. The van der Waals surface area contributed by atoms with Crippen LogP contribution >= 0.6 is 0 Å². The van der Waals surface area contributed by atoms with Crippen LogP contribution in [0.2, 0.25) is 0 Å². The lowest BCUT2D eigenvalue weighted by Gasteiger charge is -2.08. The minimum Gasteiger partial charge on any atom is -0.484 e. The van der Waals surface area contributed by atoms with Crippen LogP contribution in [0, 0.1) is 11.6 Å². The third kappa shape index (κ3) is 4.79. The fourth-order valence-electron chi connectivity index (χ4n) is 1.84. The molecule has 0 aliphatic carbocycles. The van der Waals surface area contributed by atoms with E-state index in [1.165, 1.54) is 0 Å². The predicted molar refractivity (Wildman–Crippen MR) is 76.9 cm³/mol. The maximum Gasteiger partial charge on any atom is 0.165 e. The smallest absolute Gasteiger partial charge is 0.165 e. The molecule has 5 heteroatoms. The minimum absolute atomic E-state index is 0.0992. The third-order valence-electron chi connectivity index (χ3n) is 2.87. The monoisotopic (exact) mass is 292 g/mol. The first-order chi connectivity index (χ1) is 10.2. The fraction of sp³-hybridized carbons (Fsp3) is 0.312. The van der Waals surface area contributed by atoms with Crippen molar-refractivity contribution in [3.05, 3.63) is 59.4 Å². The van der Waals surface area contributed by atoms with Gasteiger partial charge in [0.1, 0.15) is 12.4 Å². The van der Waals surface area contributed by atoms with Crippen LogP contribution in [0.25, 0.3) is 0 Å². The Balaban J connectivity index is 1.96. The van der Waals surface area contributed by atoms with Crippen molar-refractivity contribution >= 4 is 0 Å². The van der Waals surface area contributed by atoms with Crippen LogP contribution in [0.1, 0.15) is 24.7 Å². The van der Waals surface area contributed by atoms with Crippen molar-refractivity contribution < 1.29 is 13.5 Å². The summed E-state index contributed by atoms with van der Waals surface area (Å²) in [5, 5.41) is 3.26. The Kier molecular flexibility index (Phi) is 5.63. The number of pyridine rings is 1. The molecule has 0 atom stereocenters. The zero-order valence-corrected chi connectivity index (χ0v) is 11.9. The highest BCUT2D eigenvalue weighted by molar-refractivity contribution is 5.25. The highest BCUT2D eigenvalue weighted by atomic mass is 19.1. The summed E-state index contributed by atoms with van der Waals surface area (Å²) in [6.45, 7) is 3.80. The lowest BCUT2D eigenvalue weighted by Crippen LogP contribution is -2.15. The largest absolute Gasteiger partial charge is 0.484 e. The van der Waals surface area contributed by atoms with Crippen LogP contribution in [-0.2, 0) is 13.2 Å².